The van der Waals surface area contributed by atoms with Crippen LogP contribution in [-0.4, -0.2) is 5.71 Å². The molecule has 0 N–H and O–H groups in total. The van der Waals surface area contributed by atoms with Crippen molar-refractivity contribution in [2.45, 2.75) is 34.6 Å². The molecular weight excluding hydrogens is 230 g/mol. The average molecular weight is 255 g/mol. The lowest BCUT2D eigenvalue weighted by Crippen LogP contribution is -1.92. The fourth-order valence-electron chi connectivity index (χ4n) is 1.44. The Hall–Kier alpha value is -1.89. The van der Waals surface area contributed by atoms with Gasteiger partial charge >= 0.3 is 0 Å². The zero-order chi connectivity index (χ0) is 14.5. The Morgan fingerprint density at radius 2 is 1.11 bits per heavy atom. The maximum Gasteiger partial charge on any atom is 0.0633 e. The van der Waals surface area contributed by atoms with Gasteiger partial charge < -0.3 is 0 Å². The van der Waals surface area contributed by atoms with Gasteiger partial charge in [-0.05, 0) is 24.6 Å². The van der Waals surface area contributed by atoms with Gasteiger partial charge in [-0.1, -0.05) is 76.2 Å². The molecule has 0 amide bonds. The summed E-state index contributed by atoms with van der Waals surface area (Å²) in [6.07, 6.45) is 0. The molecule has 0 saturated heterocycles. The lowest BCUT2D eigenvalue weighted by atomic mass is 10.1. The van der Waals surface area contributed by atoms with Crippen molar-refractivity contribution in [2.24, 2.45) is 4.99 Å². The van der Waals surface area contributed by atoms with Gasteiger partial charge in [0.2, 0.25) is 0 Å². The van der Waals surface area contributed by atoms with Crippen molar-refractivity contribution >= 4 is 11.4 Å². The summed E-state index contributed by atoms with van der Waals surface area (Å²) in [4.78, 5) is 4.55. The molecule has 0 radical (unpaired) electrons. The summed E-state index contributed by atoms with van der Waals surface area (Å²) in [6, 6.07) is 20.2. The highest BCUT2D eigenvalue weighted by atomic mass is 14.7. The minimum absolute atomic E-state index is 0.999. The molecule has 1 nitrogen and oxygen atoms in total. The molecule has 0 spiro atoms. The third kappa shape index (κ3) is 6.56. The standard InChI is InChI=1S/C14H13N.2C2H6/c1-12(13-8-4-2-5-9-13)15-14-10-6-3-7-11-14;2*1-2/h2-11H,1H3;2*1-2H3. The minimum Gasteiger partial charge on any atom is -0.253 e. The van der Waals surface area contributed by atoms with Crippen molar-refractivity contribution in [1.29, 1.82) is 0 Å². The van der Waals surface area contributed by atoms with Crippen molar-refractivity contribution in [3.8, 4) is 0 Å². The highest BCUT2D eigenvalue weighted by Gasteiger charge is 1.95. The summed E-state index contributed by atoms with van der Waals surface area (Å²) in [5.41, 5.74) is 3.21. The van der Waals surface area contributed by atoms with Gasteiger partial charge in [0.15, 0.2) is 0 Å². The van der Waals surface area contributed by atoms with Crippen LogP contribution in [0.3, 0.4) is 0 Å². The first-order valence-electron chi connectivity index (χ1n) is 7.02. The van der Waals surface area contributed by atoms with E-state index in [0.717, 1.165) is 11.4 Å². The molecule has 102 valence electrons. The molecule has 0 aliphatic heterocycles. The number of aliphatic imine (C=N–C) groups is 1. The number of hydrogen-bond acceptors (Lipinski definition) is 1. The van der Waals surface area contributed by atoms with E-state index in [1.165, 1.54) is 5.56 Å². The Morgan fingerprint density at radius 3 is 1.58 bits per heavy atom. The third-order valence-electron chi connectivity index (χ3n) is 2.24. The van der Waals surface area contributed by atoms with Gasteiger partial charge in [0.25, 0.3) is 0 Å². The zero-order valence-electron chi connectivity index (χ0n) is 12.7. The van der Waals surface area contributed by atoms with Crippen LogP contribution in [0.5, 0.6) is 0 Å². The number of hydrogen-bond donors (Lipinski definition) is 0. The summed E-state index contributed by atoms with van der Waals surface area (Å²) in [5.74, 6) is 0. The quantitative estimate of drug-likeness (QED) is 0.594. The first-order valence-corrected chi connectivity index (χ1v) is 7.02. The molecule has 0 fully saturated rings. The van der Waals surface area contributed by atoms with Crippen LogP contribution in [0.2, 0.25) is 0 Å². The van der Waals surface area contributed by atoms with E-state index in [1.54, 1.807) is 0 Å². The minimum atomic E-state index is 0.999. The molecule has 0 atom stereocenters. The third-order valence-corrected chi connectivity index (χ3v) is 2.24. The lowest BCUT2D eigenvalue weighted by Gasteiger charge is -2.00. The molecule has 19 heavy (non-hydrogen) atoms. The van der Waals surface area contributed by atoms with Gasteiger partial charge in [-0.2, -0.15) is 0 Å². The number of benzene rings is 2. The van der Waals surface area contributed by atoms with Crippen LogP contribution in [0.25, 0.3) is 0 Å². The van der Waals surface area contributed by atoms with E-state index >= 15 is 0 Å². The van der Waals surface area contributed by atoms with Crippen molar-refractivity contribution < 1.29 is 0 Å². The molecule has 2 rings (SSSR count). The van der Waals surface area contributed by atoms with Crippen molar-refractivity contribution in [3.05, 3.63) is 66.2 Å². The Morgan fingerprint density at radius 1 is 0.684 bits per heavy atom. The van der Waals surface area contributed by atoms with Crippen LogP contribution in [0.4, 0.5) is 5.69 Å². The molecular formula is C18H25N. The van der Waals surface area contributed by atoms with Gasteiger partial charge in [-0.15, -0.1) is 0 Å². The van der Waals surface area contributed by atoms with Crippen LogP contribution in [0.15, 0.2) is 65.7 Å². The van der Waals surface area contributed by atoms with Gasteiger partial charge in [-0.25, -0.2) is 0 Å². The first kappa shape index (κ1) is 17.1. The molecule has 0 aliphatic rings. The summed E-state index contributed by atoms with van der Waals surface area (Å²) in [6.45, 7) is 10.0. The predicted molar refractivity (Wildman–Crippen MR) is 87.5 cm³/mol. The highest BCUT2D eigenvalue weighted by Crippen LogP contribution is 2.12. The molecule has 0 heterocycles. The Kier molecular flexibility index (Phi) is 10.1. The summed E-state index contributed by atoms with van der Waals surface area (Å²) in [7, 11) is 0. The molecule has 0 bridgehead atoms. The van der Waals surface area contributed by atoms with Crippen molar-refractivity contribution in [2.75, 3.05) is 0 Å². The summed E-state index contributed by atoms with van der Waals surface area (Å²) in [5, 5.41) is 0. The zero-order valence-corrected chi connectivity index (χ0v) is 12.7. The molecule has 2 aromatic rings. The predicted octanol–water partition coefficient (Wildman–Crippen LogP) is 5.88. The van der Waals surface area contributed by atoms with Crippen molar-refractivity contribution in [1.82, 2.24) is 0 Å². The van der Waals surface area contributed by atoms with E-state index in [0.29, 0.717) is 0 Å². The van der Waals surface area contributed by atoms with Crippen LogP contribution < -0.4 is 0 Å². The molecule has 0 saturated carbocycles. The Balaban J connectivity index is 0.000000741. The second kappa shape index (κ2) is 11.2. The fourth-order valence-corrected chi connectivity index (χ4v) is 1.44. The number of nitrogens with zero attached hydrogens (tertiary/aromatic N) is 1. The monoisotopic (exact) mass is 255 g/mol. The van der Waals surface area contributed by atoms with Crippen molar-refractivity contribution in [3.63, 3.8) is 0 Å². The van der Waals surface area contributed by atoms with Crippen LogP contribution >= 0.6 is 0 Å². The molecule has 0 aromatic heterocycles. The maximum absolute atomic E-state index is 4.55. The highest BCUT2D eigenvalue weighted by molar-refractivity contribution is 6.00. The topological polar surface area (TPSA) is 12.4 Å². The number of para-hydroxylation sites is 1. The number of rotatable bonds is 2. The van der Waals surface area contributed by atoms with E-state index in [1.807, 2.05) is 83.1 Å². The smallest absolute Gasteiger partial charge is 0.0633 e. The fraction of sp³-hybridized carbons (Fsp3) is 0.278. The summed E-state index contributed by atoms with van der Waals surface area (Å²) < 4.78 is 0. The SMILES string of the molecule is CC.CC.CC(=Nc1ccccc1)c1ccccc1. The maximum atomic E-state index is 4.55. The molecule has 1 heteroatoms. The van der Waals surface area contributed by atoms with E-state index in [-0.39, 0.29) is 0 Å². The van der Waals surface area contributed by atoms with E-state index in [9.17, 15) is 0 Å². The van der Waals surface area contributed by atoms with Crippen LogP contribution in [-0.2, 0) is 0 Å². The molecule has 0 unspecified atom stereocenters. The normalized spacial score (nSPS) is 9.63. The second-order valence-corrected chi connectivity index (χ2v) is 3.40. The Bertz CT molecular complexity index is 444. The van der Waals surface area contributed by atoms with Gasteiger partial charge in [0.1, 0.15) is 0 Å². The van der Waals surface area contributed by atoms with E-state index < -0.39 is 0 Å². The van der Waals surface area contributed by atoms with Crippen LogP contribution in [0.1, 0.15) is 40.2 Å². The summed E-state index contributed by atoms with van der Waals surface area (Å²) >= 11 is 0. The Labute approximate surface area is 118 Å². The van der Waals surface area contributed by atoms with E-state index in [2.05, 4.69) is 17.1 Å². The average Bonchev–Trinajstić information content (AvgIpc) is 2.53. The second-order valence-electron chi connectivity index (χ2n) is 3.40. The molecule has 2 aromatic carbocycles. The first-order chi connectivity index (χ1) is 9.36. The molecule has 0 aliphatic carbocycles. The van der Waals surface area contributed by atoms with Crippen LogP contribution in [0, 0.1) is 0 Å². The van der Waals surface area contributed by atoms with Gasteiger partial charge in [-0.3, -0.25) is 4.99 Å². The van der Waals surface area contributed by atoms with E-state index in [4.69, 9.17) is 0 Å². The van der Waals surface area contributed by atoms with Gasteiger partial charge in [0, 0.05) is 5.71 Å². The lowest BCUT2D eigenvalue weighted by molar-refractivity contribution is 1.48. The van der Waals surface area contributed by atoms with Gasteiger partial charge in [0.05, 0.1) is 5.69 Å². The largest absolute Gasteiger partial charge is 0.253 e.